The lowest BCUT2D eigenvalue weighted by Crippen LogP contribution is -2.25. The molecule has 1 amide bonds. The Bertz CT molecular complexity index is 814. The van der Waals surface area contributed by atoms with E-state index in [2.05, 4.69) is 5.32 Å². The number of hydrogen-bond donors (Lipinski definition) is 1. The minimum atomic E-state index is -0.181. The van der Waals surface area contributed by atoms with Crippen LogP contribution in [0.3, 0.4) is 0 Å². The second kappa shape index (κ2) is 9.67. The summed E-state index contributed by atoms with van der Waals surface area (Å²) in [6.45, 7) is 6.40. The zero-order chi connectivity index (χ0) is 19.8. The summed E-state index contributed by atoms with van der Waals surface area (Å²) in [6.07, 6.45) is 3.26. The second-order valence-electron chi connectivity index (χ2n) is 6.15. The third-order valence-electron chi connectivity index (χ3n) is 4.13. The number of nitrogens with one attached hydrogen (secondary N) is 1. The van der Waals surface area contributed by atoms with Crippen LogP contribution in [0.4, 0.5) is 0 Å². The molecule has 2 rings (SSSR count). The first-order chi connectivity index (χ1) is 13.0. The Balaban J connectivity index is 2.09. The fraction of sp³-hybridized carbons (Fsp3) is 0.318. The highest BCUT2D eigenvalue weighted by Crippen LogP contribution is 2.29. The number of hydrogen-bond acceptors (Lipinski definition) is 4. The van der Waals surface area contributed by atoms with Gasteiger partial charge in [-0.3, -0.25) is 4.79 Å². The van der Waals surface area contributed by atoms with E-state index in [-0.39, 0.29) is 11.9 Å². The monoisotopic (exact) mass is 369 g/mol. The zero-order valence-corrected chi connectivity index (χ0v) is 16.5. The van der Waals surface area contributed by atoms with Crippen LogP contribution in [-0.4, -0.2) is 26.7 Å². The summed E-state index contributed by atoms with van der Waals surface area (Å²) in [7, 11) is 3.23. The number of rotatable bonds is 8. The molecule has 0 spiro atoms. The third-order valence-corrected chi connectivity index (χ3v) is 4.13. The molecule has 0 bridgehead atoms. The number of methoxy groups -OCH3 is 2. The quantitative estimate of drug-likeness (QED) is 0.705. The van der Waals surface area contributed by atoms with Gasteiger partial charge in [0.15, 0.2) is 11.5 Å². The van der Waals surface area contributed by atoms with Crippen molar-refractivity contribution in [1.82, 2.24) is 5.32 Å². The number of benzene rings is 2. The minimum Gasteiger partial charge on any atom is -0.496 e. The molecular weight excluding hydrogens is 342 g/mol. The molecule has 0 aliphatic carbocycles. The smallest absolute Gasteiger partial charge is 0.244 e. The Kier molecular flexibility index (Phi) is 7.29. The normalized spacial score (nSPS) is 11.9. The Morgan fingerprint density at radius 3 is 2.44 bits per heavy atom. The molecule has 0 saturated heterocycles. The van der Waals surface area contributed by atoms with E-state index in [0.717, 1.165) is 22.4 Å². The van der Waals surface area contributed by atoms with E-state index in [0.29, 0.717) is 18.1 Å². The maximum atomic E-state index is 12.3. The maximum absolute atomic E-state index is 12.3. The summed E-state index contributed by atoms with van der Waals surface area (Å²) >= 11 is 0. The van der Waals surface area contributed by atoms with Gasteiger partial charge in [0, 0.05) is 11.6 Å². The van der Waals surface area contributed by atoms with Crippen molar-refractivity contribution in [2.75, 3.05) is 20.8 Å². The summed E-state index contributed by atoms with van der Waals surface area (Å²) in [5.41, 5.74) is 2.92. The first-order valence-corrected chi connectivity index (χ1v) is 8.92. The summed E-state index contributed by atoms with van der Waals surface area (Å²) in [5.74, 6) is 1.90. The van der Waals surface area contributed by atoms with E-state index in [1.165, 1.54) is 6.08 Å². The number of carbonyl (C=O) groups excluding carboxylic acids is 1. The van der Waals surface area contributed by atoms with Crippen LogP contribution in [0.5, 0.6) is 17.2 Å². The molecule has 2 aromatic rings. The predicted molar refractivity (Wildman–Crippen MR) is 107 cm³/mol. The van der Waals surface area contributed by atoms with Crippen molar-refractivity contribution in [2.45, 2.75) is 26.8 Å². The van der Waals surface area contributed by atoms with Crippen LogP contribution in [0.2, 0.25) is 0 Å². The van der Waals surface area contributed by atoms with E-state index in [1.54, 1.807) is 20.3 Å². The first-order valence-electron chi connectivity index (χ1n) is 8.92. The lowest BCUT2D eigenvalue weighted by atomic mass is 10.0. The SMILES string of the molecule is CCOc1cc(/C=C/C(=O)N[C@@H](C)c2cc(C)ccc2OC)ccc1OC. The largest absolute Gasteiger partial charge is 0.496 e. The maximum Gasteiger partial charge on any atom is 0.244 e. The van der Waals surface area contributed by atoms with E-state index >= 15 is 0 Å². The van der Waals surface area contributed by atoms with Crippen molar-refractivity contribution in [3.8, 4) is 17.2 Å². The van der Waals surface area contributed by atoms with Crippen molar-refractivity contribution in [2.24, 2.45) is 0 Å². The molecule has 0 fully saturated rings. The van der Waals surface area contributed by atoms with Crippen molar-refractivity contribution in [3.05, 3.63) is 59.2 Å². The number of carbonyl (C=O) groups is 1. The minimum absolute atomic E-state index is 0.174. The molecule has 5 heteroatoms. The van der Waals surface area contributed by atoms with Gasteiger partial charge in [0.1, 0.15) is 5.75 Å². The summed E-state index contributed by atoms with van der Waals surface area (Å²) in [4.78, 5) is 12.3. The molecule has 0 unspecified atom stereocenters. The zero-order valence-electron chi connectivity index (χ0n) is 16.5. The Morgan fingerprint density at radius 1 is 1.07 bits per heavy atom. The molecule has 0 aliphatic rings. The van der Waals surface area contributed by atoms with Crippen LogP contribution in [0, 0.1) is 6.92 Å². The Hall–Kier alpha value is -2.95. The molecule has 0 saturated carbocycles. The molecule has 144 valence electrons. The number of aryl methyl sites for hydroxylation is 1. The molecule has 5 nitrogen and oxygen atoms in total. The topological polar surface area (TPSA) is 56.8 Å². The molecule has 0 aromatic heterocycles. The molecule has 0 aliphatic heterocycles. The van der Waals surface area contributed by atoms with Gasteiger partial charge in [-0.05, 0) is 50.6 Å². The van der Waals surface area contributed by atoms with Crippen molar-refractivity contribution < 1.29 is 19.0 Å². The fourth-order valence-electron chi connectivity index (χ4n) is 2.77. The predicted octanol–water partition coefficient (Wildman–Crippen LogP) is 4.30. The van der Waals surface area contributed by atoms with E-state index < -0.39 is 0 Å². The summed E-state index contributed by atoms with van der Waals surface area (Å²) in [5, 5.41) is 2.97. The highest BCUT2D eigenvalue weighted by molar-refractivity contribution is 5.92. The van der Waals surface area contributed by atoms with Gasteiger partial charge in [-0.15, -0.1) is 0 Å². The molecule has 0 heterocycles. The van der Waals surface area contributed by atoms with Crippen LogP contribution in [0.1, 0.15) is 36.6 Å². The van der Waals surface area contributed by atoms with Gasteiger partial charge in [-0.25, -0.2) is 0 Å². The van der Waals surface area contributed by atoms with Crippen molar-refractivity contribution >= 4 is 12.0 Å². The Morgan fingerprint density at radius 2 is 1.78 bits per heavy atom. The highest BCUT2D eigenvalue weighted by atomic mass is 16.5. The lowest BCUT2D eigenvalue weighted by molar-refractivity contribution is -0.117. The van der Waals surface area contributed by atoms with Gasteiger partial charge in [0.05, 0.1) is 26.9 Å². The van der Waals surface area contributed by atoms with Crippen LogP contribution in [0.15, 0.2) is 42.5 Å². The molecular formula is C22H27NO4. The van der Waals surface area contributed by atoms with Gasteiger partial charge >= 0.3 is 0 Å². The highest BCUT2D eigenvalue weighted by Gasteiger charge is 2.13. The third kappa shape index (κ3) is 5.51. The van der Waals surface area contributed by atoms with Crippen LogP contribution >= 0.6 is 0 Å². The average molecular weight is 369 g/mol. The molecule has 1 atom stereocenters. The van der Waals surface area contributed by atoms with E-state index in [9.17, 15) is 4.79 Å². The standard InChI is InChI=1S/C22H27NO4/c1-6-27-21-14-17(8-11-20(21)26-5)9-12-22(24)23-16(3)18-13-15(2)7-10-19(18)25-4/h7-14,16H,6H2,1-5H3,(H,23,24)/b12-9+/t16-/m0/s1. The molecule has 27 heavy (non-hydrogen) atoms. The van der Waals surface area contributed by atoms with Gasteiger partial charge in [0.2, 0.25) is 5.91 Å². The van der Waals surface area contributed by atoms with E-state index in [4.69, 9.17) is 14.2 Å². The molecule has 1 N–H and O–H groups in total. The molecule has 0 radical (unpaired) electrons. The van der Waals surface area contributed by atoms with E-state index in [1.807, 2.05) is 57.2 Å². The van der Waals surface area contributed by atoms with Crippen molar-refractivity contribution in [3.63, 3.8) is 0 Å². The fourth-order valence-corrected chi connectivity index (χ4v) is 2.77. The number of amides is 1. The van der Waals surface area contributed by atoms with Gasteiger partial charge in [0.25, 0.3) is 0 Å². The average Bonchev–Trinajstić information content (AvgIpc) is 2.66. The Labute approximate surface area is 161 Å². The summed E-state index contributed by atoms with van der Waals surface area (Å²) in [6, 6.07) is 11.3. The number of ether oxygens (including phenoxy) is 3. The van der Waals surface area contributed by atoms with Gasteiger partial charge in [-0.1, -0.05) is 23.8 Å². The molecule has 2 aromatic carbocycles. The second-order valence-corrected chi connectivity index (χ2v) is 6.15. The first kappa shape index (κ1) is 20.4. The summed E-state index contributed by atoms with van der Waals surface area (Å²) < 4.78 is 16.2. The van der Waals surface area contributed by atoms with Crippen LogP contribution in [0.25, 0.3) is 6.08 Å². The van der Waals surface area contributed by atoms with Gasteiger partial charge in [-0.2, -0.15) is 0 Å². The van der Waals surface area contributed by atoms with Crippen molar-refractivity contribution in [1.29, 1.82) is 0 Å². The van der Waals surface area contributed by atoms with Gasteiger partial charge < -0.3 is 19.5 Å². The van der Waals surface area contributed by atoms with Crippen LogP contribution in [-0.2, 0) is 4.79 Å². The van der Waals surface area contributed by atoms with Crippen LogP contribution < -0.4 is 19.5 Å². The lowest BCUT2D eigenvalue weighted by Gasteiger charge is -2.17.